The summed E-state index contributed by atoms with van der Waals surface area (Å²) in [5.74, 6) is 3.21. The third kappa shape index (κ3) is 1.79. The van der Waals surface area contributed by atoms with E-state index in [9.17, 15) is 0 Å². The maximum atomic E-state index is 5.90. The summed E-state index contributed by atoms with van der Waals surface area (Å²) < 4.78 is 0. The molecule has 0 aliphatic heterocycles. The summed E-state index contributed by atoms with van der Waals surface area (Å²) in [6, 6.07) is 0. The van der Waals surface area contributed by atoms with E-state index in [4.69, 9.17) is 10.7 Å². The molecule has 0 saturated heterocycles. The molecule has 2 N–H and O–H groups in total. The molecule has 4 saturated carbocycles. The summed E-state index contributed by atoms with van der Waals surface area (Å²) >= 11 is 0. The molecule has 106 valence electrons. The molecule has 0 aromatic carbocycles. The van der Waals surface area contributed by atoms with E-state index < -0.39 is 0 Å². The Morgan fingerprint density at radius 2 is 1.75 bits per heavy atom. The minimum atomic E-state index is 0.292. The lowest BCUT2D eigenvalue weighted by Crippen LogP contribution is -2.49. The zero-order valence-electron chi connectivity index (χ0n) is 12.2. The molecule has 0 radical (unpaired) electrons. The van der Waals surface area contributed by atoms with Crippen LogP contribution in [0, 0.1) is 17.8 Å². The van der Waals surface area contributed by atoms with Crippen LogP contribution in [-0.4, -0.2) is 9.97 Å². The van der Waals surface area contributed by atoms with Gasteiger partial charge >= 0.3 is 0 Å². The number of nitrogens with zero attached hydrogens (tertiary/aromatic N) is 2. The highest BCUT2D eigenvalue weighted by molar-refractivity contribution is 5.54. The van der Waals surface area contributed by atoms with E-state index in [-0.39, 0.29) is 0 Å². The van der Waals surface area contributed by atoms with Gasteiger partial charge in [-0.3, -0.25) is 0 Å². The van der Waals surface area contributed by atoms with Gasteiger partial charge in [0.25, 0.3) is 0 Å². The summed E-state index contributed by atoms with van der Waals surface area (Å²) in [5.41, 5.74) is 8.61. The highest BCUT2D eigenvalue weighted by Crippen LogP contribution is 2.60. The Hall–Kier alpha value is -1.38. The SMILES string of the molecule is C/C=C/c1cnc(N)nc1C12CC3CC(CC(C3)C1)C2. The molecule has 4 aliphatic rings. The first kappa shape index (κ1) is 12.4. The van der Waals surface area contributed by atoms with Crippen molar-refractivity contribution in [2.75, 3.05) is 5.73 Å². The van der Waals surface area contributed by atoms with Crippen LogP contribution >= 0.6 is 0 Å². The minimum absolute atomic E-state index is 0.292. The normalized spacial score (nSPS) is 38.8. The molecule has 0 atom stereocenters. The average Bonchev–Trinajstić information content (AvgIpc) is 2.39. The molecule has 3 nitrogen and oxygen atoms in total. The first-order chi connectivity index (χ1) is 9.68. The second-order valence-corrected chi connectivity index (χ2v) is 7.23. The van der Waals surface area contributed by atoms with Crippen molar-refractivity contribution < 1.29 is 0 Å². The molecule has 5 rings (SSSR count). The lowest BCUT2D eigenvalue weighted by molar-refractivity contribution is -0.00728. The van der Waals surface area contributed by atoms with Crippen LogP contribution in [0.2, 0.25) is 0 Å². The predicted octanol–water partition coefficient (Wildman–Crippen LogP) is 3.56. The van der Waals surface area contributed by atoms with Crippen LogP contribution in [0.4, 0.5) is 5.95 Å². The number of anilines is 1. The lowest BCUT2D eigenvalue weighted by Gasteiger charge is -2.56. The van der Waals surface area contributed by atoms with Crippen molar-refractivity contribution in [3.8, 4) is 0 Å². The second-order valence-electron chi connectivity index (χ2n) is 7.23. The fourth-order valence-corrected chi connectivity index (χ4v) is 5.53. The zero-order valence-corrected chi connectivity index (χ0v) is 12.2. The lowest BCUT2D eigenvalue weighted by atomic mass is 9.48. The Morgan fingerprint density at radius 1 is 1.15 bits per heavy atom. The largest absolute Gasteiger partial charge is 0.368 e. The maximum Gasteiger partial charge on any atom is 0.220 e. The van der Waals surface area contributed by atoms with Crippen molar-refractivity contribution in [1.29, 1.82) is 0 Å². The van der Waals surface area contributed by atoms with Crippen LogP contribution in [0.3, 0.4) is 0 Å². The molecule has 0 unspecified atom stereocenters. The number of nitrogens with two attached hydrogens (primary N) is 1. The Bertz CT molecular complexity index is 526. The molecule has 1 aromatic rings. The Morgan fingerprint density at radius 3 is 2.30 bits per heavy atom. The third-order valence-electron chi connectivity index (χ3n) is 5.72. The highest BCUT2D eigenvalue weighted by atomic mass is 15.0. The van der Waals surface area contributed by atoms with E-state index in [1.807, 2.05) is 6.20 Å². The number of nitrogen functional groups attached to an aromatic ring is 1. The molecule has 4 bridgehead atoms. The smallest absolute Gasteiger partial charge is 0.220 e. The van der Waals surface area contributed by atoms with Crippen molar-refractivity contribution in [2.45, 2.75) is 50.9 Å². The maximum absolute atomic E-state index is 5.90. The summed E-state index contributed by atoms with van der Waals surface area (Å²) in [7, 11) is 0. The fourth-order valence-electron chi connectivity index (χ4n) is 5.53. The van der Waals surface area contributed by atoms with Crippen molar-refractivity contribution in [1.82, 2.24) is 9.97 Å². The van der Waals surface area contributed by atoms with Gasteiger partial charge in [-0.05, 0) is 63.2 Å². The van der Waals surface area contributed by atoms with E-state index in [2.05, 4.69) is 24.1 Å². The molecular formula is C17H23N3. The minimum Gasteiger partial charge on any atom is -0.368 e. The number of allylic oxidation sites excluding steroid dienone is 1. The quantitative estimate of drug-likeness (QED) is 0.893. The molecule has 4 fully saturated rings. The summed E-state index contributed by atoms with van der Waals surface area (Å²) in [6.07, 6.45) is 14.5. The molecule has 4 aliphatic carbocycles. The Balaban J connectivity index is 1.82. The van der Waals surface area contributed by atoms with Crippen LogP contribution in [0.1, 0.15) is 56.7 Å². The van der Waals surface area contributed by atoms with Crippen molar-refractivity contribution in [3.05, 3.63) is 23.5 Å². The van der Waals surface area contributed by atoms with Gasteiger partial charge in [-0.25, -0.2) is 9.97 Å². The topological polar surface area (TPSA) is 51.8 Å². The molecule has 20 heavy (non-hydrogen) atoms. The van der Waals surface area contributed by atoms with Crippen molar-refractivity contribution >= 4 is 12.0 Å². The van der Waals surface area contributed by atoms with Gasteiger partial charge in [0.15, 0.2) is 0 Å². The summed E-state index contributed by atoms with van der Waals surface area (Å²) in [5, 5.41) is 0. The molecule has 0 spiro atoms. The van der Waals surface area contributed by atoms with E-state index in [1.165, 1.54) is 49.8 Å². The zero-order chi connectivity index (χ0) is 13.7. The standard InChI is InChI=1S/C17H23N3/c1-2-3-14-10-19-16(18)20-15(14)17-7-11-4-12(8-17)6-13(5-11)9-17/h2-3,10-13H,4-9H2,1H3,(H2,18,19,20)/b3-2+. The Labute approximate surface area is 120 Å². The fraction of sp³-hybridized carbons (Fsp3) is 0.647. The van der Waals surface area contributed by atoms with Crippen LogP contribution in [0.15, 0.2) is 12.3 Å². The monoisotopic (exact) mass is 269 g/mol. The van der Waals surface area contributed by atoms with Crippen LogP contribution < -0.4 is 5.73 Å². The van der Waals surface area contributed by atoms with Gasteiger partial charge in [0.2, 0.25) is 5.95 Å². The number of hydrogen-bond acceptors (Lipinski definition) is 3. The van der Waals surface area contributed by atoms with Gasteiger partial charge in [0.05, 0.1) is 5.69 Å². The molecule has 3 heteroatoms. The summed E-state index contributed by atoms with van der Waals surface area (Å²) in [6.45, 7) is 2.06. The van der Waals surface area contributed by atoms with Crippen molar-refractivity contribution in [2.24, 2.45) is 17.8 Å². The molecule has 0 amide bonds. The van der Waals surface area contributed by atoms with E-state index in [1.54, 1.807) is 0 Å². The molecule has 1 aromatic heterocycles. The van der Waals surface area contributed by atoms with Crippen LogP contribution in [0.25, 0.3) is 6.08 Å². The van der Waals surface area contributed by atoms with E-state index >= 15 is 0 Å². The highest BCUT2D eigenvalue weighted by Gasteiger charge is 2.52. The van der Waals surface area contributed by atoms with Gasteiger partial charge in [-0.2, -0.15) is 0 Å². The first-order valence-electron chi connectivity index (χ1n) is 7.94. The third-order valence-corrected chi connectivity index (χ3v) is 5.72. The predicted molar refractivity (Wildman–Crippen MR) is 81.0 cm³/mol. The summed E-state index contributed by atoms with van der Waals surface area (Å²) in [4.78, 5) is 8.90. The van der Waals surface area contributed by atoms with Crippen LogP contribution in [0.5, 0.6) is 0 Å². The van der Waals surface area contributed by atoms with E-state index in [0.29, 0.717) is 11.4 Å². The Kier molecular flexibility index (Phi) is 2.66. The number of aromatic nitrogens is 2. The molecular weight excluding hydrogens is 246 g/mol. The van der Waals surface area contributed by atoms with Crippen LogP contribution in [-0.2, 0) is 5.41 Å². The van der Waals surface area contributed by atoms with Crippen molar-refractivity contribution in [3.63, 3.8) is 0 Å². The first-order valence-corrected chi connectivity index (χ1v) is 7.94. The van der Waals surface area contributed by atoms with Gasteiger partial charge in [0.1, 0.15) is 0 Å². The van der Waals surface area contributed by atoms with Gasteiger partial charge in [0, 0.05) is 17.2 Å². The van der Waals surface area contributed by atoms with Gasteiger partial charge in [-0.1, -0.05) is 12.2 Å². The van der Waals surface area contributed by atoms with Gasteiger partial charge < -0.3 is 5.73 Å². The average molecular weight is 269 g/mol. The molecule has 1 heterocycles. The second kappa shape index (κ2) is 4.31. The number of hydrogen-bond donors (Lipinski definition) is 1. The van der Waals surface area contributed by atoms with Gasteiger partial charge in [-0.15, -0.1) is 0 Å². The van der Waals surface area contributed by atoms with E-state index in [0.717, 1.165) is 17.8 Å². The number of rotatable bonds is 2.